The molecule has 0 aliphatic carbocycles. The molecule has 0 saturated heterocycles. The van der Waals surface area contributed by atoms with Crippen LogP contribution in [-0.2, 0) is 6.54 Å². The fraction of sp³-hybridized carbons (Fsp3) is 0.421. The molecule has 0 atom stereocenters. The number of nitrogens with one attached hydrogen (secondary N) is 1. The van der Waals surface area contributed by atoms with Crippen LogP contribution in [0.4, 0.5) is 0 Å². The van der Waals surface area contributed by atoms with Crippen molar-refractivity contribution in [2.45, 2.75) is 46.4 Å². The molecule has 0 aliphatic heterocycles. The second-order valence-corrected chi connectivity index (χ2v) is 6.07. The fourth-order valence-electron chi connectivity index (χ4n) is 2.35. The molecule has 0 amide bonds. The van der Waals surface area contributed by atoms with Gasteiger partial charge in [0.15, 0.2) is 0 Å². The first kappa shape index (κ1) is 17.3. The lowest BCUT2D eigenvalue weighted by atomic mass is 10.1. The molecule has 0 aliphatic rings. The first-order chi connectivity index (χ1) is 11.0. The van der Waals surface area contributed by atoms with Crippen LogP contribution in [0.1, 0.15) is 33.3 Å². The number of hydrogen-bond acceptors (Lipinski definition) is 4. The van der Waals surface area contributed by atoms with Crippen molar-refractivity contribution in [3.8, 4) is 22.8 Å². The third-order valence-corrected chi connectivity index (χ3v) is 3.17. The number of aromatic nitrogens is 1. The Bertz CT molecular complexity index is 639. The number of ether oxygens (including phenoxy) is 2. The SMILES string of the molecule is CNCc1ccnc(-c2ccc(OC(C)C)cc2OC(C)C)c1. The third-order valence-electron chi connectivity index (χ3n) is 3.17. The van der Waals surface area contributed by atoms with Crippen molar-refractivity contribution in [1.82, 2.24) is 10.3 Å². The summed E-state index contributed by atoms with van der Waals surface area (Å²) >= 11 is 0. The normalized spacial score (nSPS) is 11.1. The van der Waals surface area contributed by atoms with E-state index in [0.717, 1.165) is 29.3 Å². The highest BCUT2D eigenvalue weighted by molar-refractivity contribution is 5.69. The zero-order chi connectivity index (χ0) is 16.8. The largest absolute Gasteiger partial charge is 0.491 e. The van der Waals surface area contributed by atoms with E-state index in [1.54, 1.807) is 0 Å². The van der Waals surface area contributed by atoms with Crippen molar-refractivity contribution in [1.29, 1.82) is 0 Å². The van der Waals surface area contributed by atoms with E-state index in [4.69, 9.17) is 9.47 Å². The highest BCUT2D eigenvalue weighted by Gasteiger charge is 2.12. The summed E-state index contributed by atoms with van der Waals surface area (Å²) in [7, 11) is 1.94. The minimum absolute atomic E-state index is 0.0866. The van der Waals surface area contributed by atoms with Gasteiger partial charge in [0.1, 0.15) is 11.5 Å². The fourth-order valence-corrected chi connectivity index (χ4v) is 2.35. The van der Waals surface area contributed by atoms with E-state index in [-0.39, 0.29) is 12.2 Å². The van der Waals surface area contributed by atoms with Crippen molar-refractivity contribution in [3.63, 3.8) is 0 Å². The summed E-state index contributed by atoms with van der Waals surface area (Å²) in [6.45, 7) is 8.87. The maximum absolute atomic E-state index is 5.99. The predicted octanol–water partition coefficient (Wildman–Crippen LogP) is 4.04. The van der Waals surface area contributed by atoms with Gasteiger partial charge in [-0.05, 0) is 64.6 Å². The molecule has 2 rings (SSSR count). The Labute approximate surface area is 138 Å². The first-order valence-corrected chi connectivity index (χ1v) is 8.07. The Morgan fingerprint density at radius 3 is 2.39 bits per heavy atom. The summed E-state index contributed by atoms with van der Waals surface area (Å²) in [5, 5.41) is 3.16. The van der Waals surface area contributed by atoms with Crippen molar-refractivity contribution < 1.29 is 9.47 Å². The van der Waals surface area contributed by atoms with Crippen molar-refractivity contribution in [2.24, 2.45) is 0 Å². The molecule has 0 saturated carbocycles. The van der Waals surface area contributed by atoms with Gasteiger partial charge in [-0.25, -0.2) is 0 Å². The molecule has 1 N–H and O–H groups in total. The van der Waals surface area contributed by atoms with Crippen LogP contribution in [0.15, 0.2) is 36.5 Å². The number of rotatable bonds is 7. The Kier molecular flexibility index (Phi) is 5.99. The molecule has 1 heterocycles. The zero-order valence-electron chi connectivity index (χ0n) is 14.6. The van der Waals surface area contributed by atoms with Crippen LogP contribution in [-0.4, -0.2) is 24.2 Å². The van der Waals surface area contributed by atoms with Crippen LogP contribution in [0, 0.1) is 0 Å². The maximum Gasteiger partial charge on any atom is 0.132 e. The zero-order valence-corrected chi connectivity index (χ0v) is 14.6. The Morgan fingerprint density at radius 2 is 1.74 bits per heavy atom. The summed E-state index contributed by atoms with van der Waals surface area (Å²) in [5.41, 5.74) is 3.08. The van der Waals surface area contributed by atoms with Crippen LogP contribution in [0.25, 0.3) is 11.3 Å². The molecule has 0 radical (unpaired) electrons. The molecule has 23 heavy (non-hydrogen) atoms. The van der Waals surface area contributed by atoms with Gasteiger partial charge in [0.05, 0.1) is 17.9 Å². The lowest BCUT2D eigenvalue weighted by Gasteiger charge is -2.17. The van der Waals surface area contributed by atoms with E-state index >= 15 is 0 Å². The molecule has 1 aromatic carbocycles. The van der Waals surface area contributed by atoms with Crippen molar-refractivity contribution in [2.75, 3.05) is 7.05 Å². The standard InChI is InChI=1S/C19H26N2O2/c1-13(2)22-16-6-7-17(19(11-16)23-14(3)4)18-10-15(12-20-5)8-9-21-18/h6-11,13-14,20H,12H2,1-5H3. The van der Waals surface area contributed by atoms with Crippen LogP contribution in [0.5, 0.6) is 11.5 Å². The molecule has 1 aromatic heterocycles. The van der Waals surface area contributed by atoms with Gasteiger partial charge in [-0.15, -0.1) is 0 Å². The molecule has 4 heteroatoms. The van der Waals surface area contributed by atoms with E-state index < -0.39 is 0 Å². The van der Waals surface area contributed by atoms with Gasteiger partial charge < -0.3 is 14.8 Å². The summed E-state index contributed by atoms with van der Waals surface area (Å²) in [5.74, 6) is 1.61. The van der Waals surface area contributed by atoms with Gasteiger partial charge in [0.2, 0.25) is 0 Å². The van der Waals surface area contributed by atoms with E-state index in [1.807, 2.05) is 65.2 Å². The predicted molar refractivity (Wildman–Crippen MR) is 94.0 cm³/mol. The van der Waals surface area contributed by atoms with Crippen LogP contribution in [0.3, 0.4) is 0 Å². The third kappa shape index (κ3) is 4.96. The van der Waals surface area contributed by atoms with E-state index in [1.165, 1.54) is 5.56 Å². The smallest absolute Gasteiger partial charge is 0.132 e. The van der Waals surface area contributed by atoms with Crippen LogP contribution >= 0.6 is 0 Å². The van der Waals surface area contributed by atoms with E-state index in [9.17, 15) is 0 Å². The monoisotopic (exact) mass is 314 g/mol. The molecule has 4 nitrogen and oxygen atoms in total. The maximum atomic E-state index is 5.99. The number of nitrogens with zero attached hydrogens (tertiary/aromatic N) is 1. The summed E-state index contributed by atoms with van der Waals surface area (Å²) in [4.78, 5) is 4.50. The molecule has 0 bridgehead atoms. The average Bonchev–Trinajstić information content (AvgIpc) is 2.47. The minimum atomic E-state index is 0.0866. The molecular formula is C19H26N2O2. The Hall–Kier alpha value is -2.07. The van der Waals surface area contributed by atoms with Crippen LogP contribution < -0.4 is 14.8 Å². The molecule has 0 unspecified atom stereocenters. The Balaban J connectivity index is 2.41. The van der Waals surface area contributed by atoms with Gasteiger partial charge in [0, 0.05) is 24.4 Å². The lowest BCUT2D eigenvalue weighted by molar-refractivity contribution is 0.230. The molecular weight excluding hydrogens is 288 g/mol. The summed E-state index contributed by atoms with van der Waals surface area (Å²) < 4.78 is 11.8. The van der Waals surface area contributed by atoms with Gasteiger partial charge in [0.25, 0.3) is 0 Å². The van der Waals surface area contributed by atoms with Gasteiger partial charge in [-0.2, -0.15) is 0 Å². The average molecular weight is 314 g/mol. The minimum Gasteiger partial charge on any atom is -0.491 e. The van der Waals surface area contributed by atoms with Crippen molar-refractivity contribution in [3.05, 3.63) is 42.1 Å². The topological polar surface area (TPSA) is 43.4 Å². The van der Waals surface area contributed by atoms with E-state index in [0.29, 0.717) is 0 Å². The molecule has 0 fully saturated rings. The molecule has 2 aromatic rings. The second kappa shape index (κ2) is 7.97. The van der Waals surface area contributed by atoms with E-state index in [2.05, 4.69) is 16.4 Å². The van der Waals surface area contributed by atoms with Gasteiger partial charge in [-0.1, -0.05) is 0 Å². The highest BCUT2D eigenvalue weighted by Crippen LogP contribution is 2.33. The number of pyridine rings is 1. The van der Waals surface area contributed by atoms with Gasteiger partial charge in [-0.3, -0.25) is 4.98 Å². The quantitative estimate of drug-likeness (QED) is 0.837. The Morgan fingerprint density at radius 1 is 1.00 bits per heavy atom. The molecule has 0 spiro atoms. The van der Waals surface area contributed by atoms with Gasteiger partial charge >= 0.3 is 0 Å². The summed E-state index contributed by atoms with van der Waals surface area (Å²) in [6, 6.07) is 10.0. The summed E-state index contributed by atoms with van der Waals surface area (Å²) in [6.07, 6.45) is 2.05. The highest BCUT2D eigenvalue weighted by atomic mass is 16.5. The van der Waals surface area contributed by atoms with Crippen molar-refractivity contribution >= 4 is 0 Å². The first-order valence-electron chi connectivity index (χ1n) is 8.07. The lowest BCUT2D eigenvalue weighted by Crippen LogP contribution is -2.09. The van der Waals surface area contributed by atoms with Crippen LogP contribution in [0.2, 0.25) is 0 Å². The molecule has 124 valence electrons. The number of hydrogen-bond donors (Lipinski definition) is 1. The number of benzene rings is 1. The second-order valence-electron chi connectivity index (χ2n) is 6.07.